The summed E-state index contributed by atoms with van der Waals surface area (Å²) in [5, 5.41) is 3.71. The monoisotopic (exact) mass is 300 g/mol. The molecule has 1 aromatic heterocycles. The Morgan fingerprint density at radius 3 is 2.50 bits per heavy atom. The number of carbonyl (C=O) groups excluding carboxylic acids is 1. The van der Waals surface area contributed by atoms with E-state index in [0.29, 0.717) is 5.76 Å². The van der Waals surface area contributed by atoms with Crippen molar-refractivity contribution in [2.24, 2.45) is 5.73 Å². The molecule has 0 radical (unpaired) electrons. The van der Waals surface area contributed by atoms with E-state index in [9.17, 15) is 4.79 Å². The molecule has 1 atom stereocenters. The van der Waals surface area contributed by atoms with E-state index in [4.69, 9.17) is 10.3 Å². The van der Waals surface area contributed by atoms with Gasteiger partial charge in [-0.2, -0.15) is 0 Å². The van der Waals surface area contributed by atoms with E-state index < -0.39 is 5.91 Å². The van der Waals surface area contributed by atoms with Crippen LogP contribution in [0, 0.1) is 0 Å². The summed E-state index contributed by atoms with van der Waals surface area (Å²) in [6.45, 7) is 5.85. The van der Waals surface area contributed by atoms with Gasteiger partial charge in [0.25, 0.3) is 5.91 Å². The molecule has 2 N–H and O–H groups in total. The molecule has 22 heavy (non-hydrogen) atoms. The number of benzene rings is 1. The molecule has 0 spiro atoms. The predicted octanol–water partition coefficient (Wildman–Crippen LogP) is 1.66. The highest BCUT2D eigenvalue weighted by atomic mass is 16.5. The Kier molecular flexibility index (Phi) is 4.11. The van der Waals surface area contributed by atoms with Crippen LogP contribution in [0.1, 0.15) is 29.2 Å². The van der Waals surface area contributed by atoms with Crippen molar-refractivity contribution in [2.75, 3.05) is 31.1 Å². The van der Waals surface area contributed by atoms with Gasteiger partial charge in [-0.15, -0.1) is 0 Å². The maximum atomic E-state index is 11.1. The van der Waals surface area contributed by atoms with Gasteiger partial charge in [-0.25, -0.2) is 0 Å². The van der Waals surface area contributed by atoms with Crippen LogP contribution in [0.15, 0.2) is 40.9 Å². The van der Waals surface area contributed by atoms with E-state index in [2.05, 4.69) is 46.1 Å². The van der Waals surface area contributed by atoms with Gasteiger partial charge in [0.05, 0.1) is 6.04 Å². The maximum Gasteiger partial charge on any atom is 0.270 e. The van der Waals surface area contributed by atoms with E-state index in [1.807, 2.05) is 6.07 Å². The zero-order valence-corrected chi connectivity index (χ0v) is 12.6. The average Bonchev–Trinajstić information content (AvgIpc) is 3.05. The molecule has 116 valence electrons. The van der Waals surface area contributed by atoms with Crippen molar-refractivity contribution in [3.8, 4) is 0 Å². The normalized spacial score (nSPS) is 17.4. The van der Waals surface area contributed by atoms with E-state index in [-0.39, 0.29) is 11.7 Å². The Bertz CT molecular complexity index is 633. The summed E-state index contributed by atoms with van der Waals surface area (Å²) >= 11 is 0. The third-order valence-electron chi connectivity index (χ3n) is 4.18. The van der Waals surface area contributed by atoms with Crippen molar-refractivity contribution >= 4 is 11.6 Å². The number of nitrogens with zero attached hydrogens (tertiary/aromatic N) is 3. The minimum atomic E-state index is -0.559. The summed E-state index contributed by atoms with van der Waals surface area (Å²) < 4.78 is 5.25. The van der Waals surface area contributed by atoms with Crippen LogP contribution in [0.2, 0.25) is 0 Å². The van der Waals surface area contributed by atoms with Crippen LogP contribution in [-0.2, 0) is 0 Å². The van der Waals surface area contributed by atoms with Crippen LogP contribution in [0.3, 0.4) is 0 Å². The Morgan fingerprint density at radius 1 is 1.23 bits per heavy atom. The van der Waals surface area contributed by atoms with Crippen molar-refractivity contribution in [3.63, 3.8) is 0 Å². The number of anilines is 1. The first-order valence-corrected chi connectivity index (χ1v) is 7.45. The molecule has 1 unspecified atom stereocenters. The number of primary amides is 1. The van der Waals surface area contributed by atoms with Gasteiger partial charge in [0.1, 0.15) is 0 Å². The lowest BCUT2D eigenvalue weighted by Crippen LogP contribution is -2.47. The van der Waals surface area contributed by atoms with Gasteiger partial charge in [-0.3, -0.25) is 9.69 Å². The standard InChI is InChI=1S/C16H20N4O2/c1-12(15-11-14(16(17)21)18-22-15)19-7-9-20(10-8-19)13-5-3-2-4-6-13/h2-6,11-12H,7-10H2,1H3,(H2,17,21). The van der Waals surface area contributed by atoms with Gasteiger partial charge in [0, 0.05) is 37.9 Å². The molecule has 1 amide bonds. The number of nitrogens with two attached hydrogens (primary N) is 1. The number of hydrogen-bond acceptors (Lipinski definition) is 5. The molecule has 1 fully saturated rings. The quantitative estimate of drug-likeness (QED) is 0.929. The number of piperazine rings is 1. The third-order valence-corrected chi connectivity index (χ3v) is 4.18. The van der Waals surface area contributed by atoms with Gasteiger partial charge >= 0.3 is 0 Å². The molecule has 1 aromatic carbocycles. The lowest BCUT2D eigenvalue weighted by molar-refractivity contribution is 0.0991. The van der Waals surface area contributed by atoms with Crippen LogP contribution in [0.25, 0.3) is 0 Å². The smallest absolute Gasteiger partial charge is 0.270 e. The van der Waals surface area contributed by atoms with Crippen LogP contribution in [0.4, 0.5) is 5.69 Å². The molecule has 1 aliphatic rings. The van der Waals surface area contributed by atoms with E-state index in [0.717, 1.165) is 26.2 Å². The number of para-hydroxylation sites is 1. The Hall–Kier alpha value is -2.34. The predicted molar refractivity (Wildman–Crippen MR) is 83.7 cm³/mol. The molecule has 1 saturated heterocycles. The van der Waals surface area contributed by atoms with Gasteiger partial charge in [-0.05, 0) is 19.1 Å². The molecule has 6 nitrogen and oxygen atoms in total. The molecule has 3 rings (SSSR count). The number of aromatic nitrogens is 1. The van der Waals surface area contributed by atoms with Crippen LogP contribution >= 0.6 is 0 Å². The fraction of sp³-hybridized carbons (Fsp3) is 0.375. The van der Waals surface area contributed by atoms with Crippen LogP contribution in [-0.4, -0.2) is 42.1 Å². The molecule has 0 saturated carbocycles. The van der Waals surface area contributed by atoms with Gasteiger partial charge < -0.3 is 15.2 Å². The molecule has 0 aliphatic carbocycles. The lowest BCUT2D eigenvalue weighted by atomic mass is 10.1. The second-order valence-corrected chi connectivity index (χ2v) is 5.51. The SMILES string of the molecule is CC(c1cc(C(N)=O)no1)N1CCN(c2ccccc2)CC1. The Morgan fingerprint density at radius 2 is 1.91 bits per heavy atom. The van der Waals surface area contributed by atoms with Crippen LogP contribution < -0.4 is 10.6 Å². The summed E-state index contributed by atoms with van der Waals surface area (Å²) in [7, 11) is 0. The summed E-state index contributed by atoms with van der Waals surface area (Å²) in [6.07, 6.45) is 0. The summed E-state index contributed by atoms with van der Waals surface area (Å²) in [5.41, 5.74) is 6.65. The fourth-order valence-electron chi connectivity index (χ4n) is 2.79. The lowest BCUT2D eigenvalue weighted by Gasteiger charge is -2.38. The van der Waals surface area contributed by atoms with Gasteiger partial charge in [-0.1, -0.05) is 23.4 Å². The second kappa shape index (κ2) is 6.19. The minimum Gasteiger partial charge on any atom is -0.369 e. The summed E-state index contributed by atoms with van der Waals surface area (Å²) in [6, 6.07) is 12.1. The fourth-order valence-corrected chi connectivity index (χ4v) is 2.79. The molecule has 2 aromatic rings. The Balaban J connectivity index is 1.62. The number of carbonyl (C=O) groups is 1. The highest BCUT2D eigenvalue weighted by molar-refractivity contribution is 5.90. The summed E-state index contributed by atoms with van der Waals surface area (Å²) in [4.78, 5) is 15.8. The molecule has 6 heteroatoms. The molecular weight excluding hydrogens is 280 g/mol. The van der Waals surface area contributed by atoms with Crippen molar-refractivity contribution in [1.82, 2.24) is 10.1 Å². The number of amides is 1. The first-order valence-electron chi connectivity index (χ1n) is 7.45. The molecular formula is C16H20N4O2. The average molecular weight is 300 g/mol. The Labute approximate surface area is 129 Å². The molecule has 2 heterocycles. The highest BCUT2D eigenvalue weighted by Gasteiger charge is 2.25. The highest BCUT2D eigenvalue weighted by Crippen LogP contribution is 2.24. The first-order chi connectivity index (χ1) is 10.6. The topological polar surface area (TPSA) is 75.6 Å². The first kappa shape index (κ1) is 14.6. The zero-order valence-electron chi connectivity index (χ0n) is 12.6. The zero-order chi connectivity index (χ0) is 15.5. The number of hydrogen-bond donors (Lipinski definition) is 1. The van der Waals surface area contributed by atoms with Crippen molar-refractivity contribution in [1.29, 1.82) is 0 Å². The molecule has 0 bridgehead atoms. The van der Waals surface area contributed by atoms with E-state index in [1.165, 1.54) is 5.69 Å². The second-order valence-electron chi connectivity index (χ2n) is 5.51. The largest absolute Gasteiger partial charge is 0.369 e. The number of rotatable bonds is 4. The van der Waals surface area contributed by atoms with E-state index in [1.54, 1.807) is 6.07 Å². The van der Waals surface area contributed by atoms with Gasteiger partial charge in [0.2, 0.25) is 0 Å². The van der Waals surface area contributed by atoms with Gasteiger partial charge in [0.15, 0.2) is 11.5 Å². The van der Waals surface area contributed by atoms with Crippen molar-refractivity contribution in [2.45, 2.75) is 13.0 Å². The minimum absolute atomic E-state index is 0.0820. The summed E-state index contributed by atoms with van der Waals surface area (Å²) in [5.74, 6) is 0.123. The molecule has 1 aliphatic heterocycles. The van der Waals surface area contributed by atoms with Crippen LogP contribution in [0.5, 0.6) is 0 Å². The maximum absolute atomic E-state index is 11.1. The van der Waals surface area contributed by atoms with Crippen molar-refractivity contribution in [3.05, 3.63) is 47.9 Å². The van der Waals surface area contributed by atoms with E-state index >= 15 is 0 Å². The third kappa shape index (κ3) is 2.96. The van der Waals surface area contributed by atoms with Crippen molar-refractivity contribution < 1.29 is 9.32 Å².